The molecule has 1 aliphatic rings. The first kappa shape index (κ1) is 28.3. The number of quaternary nitrogens is 1. The Kier molecular flexibility index (Phi) is 15.9. The van der Waals surface area contributed by atoms with Gasteiger partial charge < -0.3 is 9.38 Å². The van der Waals surface area contributed by atoms with Crippen LogP contribution in [-0.4, -0.2) is 48.8 Å². The summed E-state index contributed by atoms with van der Waals surface area (Å²) in [5.74, 6) is 0. The van der Waals surface area contributed by atoms with E-state index in [1.807, 2.05) is 0 Å². The van der Waals surface area contributed by atoms with Crippen LogP contribution >= 0.6 is 7.94 Å². The zero-order valence-corrected chi connectivity index (χ0v) is 21.5. The molecule has 180 valence electrons. The fourth-order valence-corrected chi connectivity index (χ4v) is 6.02. The van der Waals surface area contributed by atoms with Gasteiger partial charge in [0.05, 0.1) is 33.8 Å². The largest absolute Gasteiger partial charge is 0.631 e. The van der Waals surface area contributed by atoms with Crippen LogP contribution in [0.4, 0.5) is 0 Å². The molecule has 0 amide bonds. The summed E-state index contributed by atoms with van der Waals surface area (Å²) >= 11 is 0. The van der Waals surface area contributed by atoms with Crippen LogP contribution in [0.2, 0.25) is 0 Å². The molecule has 0 aromatic rings. The molecule has 0 aliphatic carbocycles. The first-order chi connectivity index (χ1) is 14.4. The molecule has 30 heavy (non-hydrogen) atoms. The van der Waals surface area contributed by atoms with Gasteiger partial charge in [-0.1, -0.05) is 103 Å². The van der Waals surface area contributed by atoms with Crippen molar-refractivity contribution in [3.63, 3.8) is 0 Å². The van der Waals surface area contributed by atoms with Crippen LogP contribution < -0.4 is 4.89 Å². The zero-order valence-electron chi connectivity index (χ0n) is 20.6. The fourth-order valence-electron chi connectivity index (χ4n) is 4.53. The molecular formula is C25H53NO3P+. The van der Waals surface area contributed by atoms with Gasteiger partial charge in [0.1, 0.15) is 5.66 Å². The van der Waals surface area contributed by atoms with Gasteiger partial charge in [0, 0.05) is 12.8 Å². The van der Waals surface area contributed by atoms with Crippen LogP contribution in [0.3, 0.4) is 0 Å². The molecule has 1 N–H and O–H groups in total. The standard InChI is InChI=1S/C25H52NO3P/c1-4-5-6-7-8-9-10-11-12-13-14-15-16-17-18-19-24-29-30(27,28)25-20-22-26(2,3)23-21-25/h25H,4-24H2,1-3H3/p+1. The maximum absolute atomic E-state index is 12.5. The Hall–Kier alpha value is 0.270. The Morgan fingerprint density at radius 3 is 1.50 bits per heavy atom. The number of unbranched alkanes of at least 4 members (excludes halogenated alkanes) is 15. The molecule has 1 unspecified atom stereocenters. The fraction of sp³-hybridized carbons (Fsp3) is 1.00. The lowest BCUT2D eigenvalue weighted by molar-refractivity contribution is -0.894. The van der Waals surface area contributed by atoms with E-state index in [4.69, 9.17) is 4.52 Å². The van der Waals surface area contributed by atoms with Gasteiger partial charge >= 0.3 is 0 Å². The Morgan fingerprint density at radius 1 is 0.733 bits per heavy atom. The summed E-state index contributed by atoms with van der Waals surface area (Å²) in [6, 6.07) is 0. The summed E-state index contributed by atoms with van der Waals surface area (Å²) in [6.07, 6.45) is 23.0. The van der Waals surface area contributed by atoms with E-state index >= 15 is 0 Å². The van der Waals surface area contributed by atoms with E-state index < -0.39 is 7.94 Å². The van der Waals surface area contributed by atoms with Crippen LogP contribution in [0, 0.1) is 0 Å². The van der Waals surface area contributed by atoms with Crippen molar-refractivity contribution in [1.82, 2.24) is 0 Å². The van der Waals surface area contributed by atoms with E-state index in [9.17, 15) is 9.79 Å². The van der Waals surface area contributed by atoms with E-state index in [2.05, 4.69) is 21.0 Å². The minimum atomic E-state index is -3.42. The highest BCUT2D eigenvalue weighted by Crippen LogP contribution is 2.55. The van der Waals surface area contributed by atoms with E-state index in [1.54, 1.807) is 0 Å². The second-order valence-electron chi connectivity index (χ2n) is 10.3. The van der Waals surface area contributed by atoms with E-state index in [-0.39, 0.29) is 5.66 Å². The summed E-state index contributed by atoms with van der Waals surface area (Å²) in [5, 5.41) is 0. The topological polar surface area (TPSA) is 52.5 Å². The van der Waals surface area contributed by atoms with Gasteiger partial charge in [-0.3, -0.25) is 0 Å². The predicted octanol–water partition coefficient (Wildman–Crippen LogP) is 6.62. The first-order valence-electron chi connectivity index (χ1n) is 13.2. The van der Waals surface area contributed by atoms with Crippen LogP contribution in [0.5, 0.6) is 0 Å². The lowest BCUT2D eigenvalue weighted by Gasteiger charge is -2.39. The molecule has 1 heterocycles. The molecule has 0 bridgehead atoms. The highest BCUT2D eigenvalue weighted by atomic mass is 31.2. The van der Waals surface area contributed by atoms with Crippen molar-refractivity contribution in [2.45, 2.75) is 128 Å². The van der Waals surface area contributed by atoms with Crippen molar-refractivity contribution in [2.24, 2.45) is 0 Å². The molecule has 1 rings (SSSR count). The van der Waals surface area contributed by atoms with Gasteiger partial charge in [-0.2, -0.15) is 0 Å². The molecule has 0 spiro atoms. The van der Waals surface area contributed by atoms with E-state index in [0.29, 0.717) is 6.61 Å². The molecule has 0 aromatic carbocycles. The molecular weight excluding hydrogens is 393 g/mol. The average molecular weight is 447 g/mol. The van der Waals surface area contributed by atoms with Gasteiger partial charge in [-0.15, -0.1) is 0 Å². The predicted molar refractivity (Wildman–Crippen MR) is 130 cm³/mol. The Labute approximate surface area is 189 Å². The molecule has 0 saturated carbocycles. The molecule has 0 aromatic heterocycles. The second kappa shape index (κ2) is 16.8. The molecule has 1 fully saturated rings. The van der Waals surface area contributed by atoms with Crippen LogP contribution in [0.25, 0.3) is 0 Å². The Balaban J connectivity index is 1.83. The number of rotatable bonds is 19. The summed E-state index contributed by atoms with van der Waals surface area (Å²) in [7, 11) is 0.957. The van der Waals surface area contributed by atoms with Crippen molar-refractivity contribution in [3.05, 3.63) is 0 Å². The molecule has 0 radical (unpaired) electrons. The maximum atomic E-state index is 12.5. The van der Waals surface area contributed by atoms with Crippen LogP contribution in [0.1, 0.15) is 122 Å². The lowest BCUT2D eigenvalue weighted by atomic mass is 10.0. The van der Waals surface area contributed by atoms with Crippen LogP contribution in [0.15, 0.2) is 0 Å². The molecule has 4 nitrogen and oxygen atoms in total. The number of hydrogen-bond acceptors (Lipinski definition) is 3. The number of piperidine rings is 1. The van der Waals surface area contributed by atoms with Crippen molar-refractivity contribution in [3.8, 4) is 0 Å². The maximum Gasteiger partial charge on any atom is 0.237 e. The number of likely N-dealkylation sites (tertiary alicyclic amines) is 1. The number of hydrogen-bond donors (Lipinski definition) is 1. The average Bonchev–Trinajstić information content (AvgIpc) is 2.70. The van der Waals surface area contributed by atoms with E-state index in [0.717, 1.165) is 43.3 Å². The van der Waals surface area contributed by atoms with Crippen molar-refractivity contribution in [1.29, 1.82) is 0 Å². The van der Waals surface area contributed by atoms with Crippen LogP contribution in [-0.2, 0) is 4.52 Å². The normalized spacial score (nSPS) is 19.1. The summed E-state index contributed by atoms with van der Waals surface area (Å²) in [4.78, 5) is 22.7. The quantitative estimate of drug-likeness (QED) is 0.138. The lowest BCUT2D eigenvalue weighted by Crippen LogP contribution is -2.48. The Bertz CT molecular complexity index is 394. The van der Waals surface area contributed by atoms with Gasteiger partial charge in [0.15, 0.2) is 0 Å². The second-order valence-corrected chi connectivity index (χ2v) is 12.4. The monoisotopic (exact) mass is 446 g/mol. The Morgan fingerprint density at radius 2 is 1.10 bits per heavy atom. The van der Waals surface area contributed by atoms with Crippen molar-refractivity contribution < 1.29 is 18.8 Å². The summed E-state index contributed by atoms with van der Waals surface area (Å²) in [5.41, 5.74) is -0.148. The summed E-state index contributed by atoms with van der Waals surface area (Å²) < 4.78 is 6.41. The minimum absolute atomic E-state index is 0.148. The highest BCUT2D eigenvalue weighted by Gasteiger charge is 2.42. The van der Waals surface area contributed by atoms with Crippen molar-refractivity contribution in [2.75, 3.05) is 33.8 Å². The molecule has 1 atom stereocenters. The first-order valence-corrected chi connectivity index (χ1v) is 14.8. The van der Waals surface area contributed by atoms with Gasteiger partial charge in [0.2, 0.25) is 7.94 Å². The van der Waals surface area contributed by atoms with Crippen molar-refractivity contribution >= 4 is 7.94 Å². The molecule has 5 heteroatoms. The zero-order chi connectivity index (χ0) is 22.1. The minimum Gasteiger partial charge on any atom is -0.631 e. The molecule has 1 aliphatic heterocycles. The third-order valence-electron chi connectivity index (χ3n) is 6.87. The third-order valence-corrected chi connectivity index (χ3v) is 8.86. The van der Waals surface area contributed by atoms with Gasteiger partial charge in [-0.05, 0) is 6.42 Å². The smallest absolute Gasteiger partial charge is 0.237 e. The molecule has 1 saturated heterocycles. The highest BCUT2D eigenvalue weighted by molar-refractivity contribution is 7.58. The van der Waals surface area contributed by atoms with Gasteiger partial charge in [-0.25, -0.2) is 9.42 Å². The summed E-state index contributed by atoms with van der Waals surface area (Å²) in [6.45, 7) is 4.67. The third kappa shape index (κ3) is 14.4. The van der Waals surface area contributed by atoms with E-state index in [1.165, 1.54) is 89.9 Å². The van der Waals surface area contributed by atoms with Gasteiger partial charge in [0.25, 0.3) is 0 Å². The number of nitrogens with zero attached hydrogens (tertiary/aromatic N) is 1. The SMILES string of the molecule is CCCCCCCCCCCCCCCCCCO[P+]([O-])(O)C1CC[N+](C)(C)CC1.